The number of aromatic nitrogens is 2. The standard InChI is InChI=1S/C14H18BFN2O2/c1-13(2)14(3,4)20-15(19-13)10-6-9-8-17-18(5)12(9)7-11(10)16/h6-8H,1-5H3. The molecule has 106 valence electrons. The molecule has 2 heterocycles. The van der Waals surface area contributed by atoms with Crippen LogP contribution < -0.4 is 5.46 Å². The van der Waals surface area contributed by atoms with Crippen LogP contribution in [0, 0.1) is 5.82 Å². The molecule has 0 N–H and O–H groups in total. The number of fused-ring (bicyclic) bond motifs is 1. The molecule has 1 aliphatic rings. The van der Waals surface area contributed by atoms with E-state index in [2.05, 4.69) is 5.10 Å². The van der Waals surface area contributed by atoms with E-state index in [0.29, 0.717) is 5.46 Å². The van der Waals surface area contributed by atoms with Gasteiger partial charge >= 0.3 is 7.12 Å². The molecule has 0 spiro atoms. The number of rotatable bonds is 1. The van der Waals surface area contributed by atoms with Crippen molar-refractivity contribution in [3.63, 3.8) is 0 Å². The van der Waals surface area contributed by atoms with Crippen LogP contribution in [-0.2, 0) is 16.4 Å². The van der Waals surface area contributed by atoms with E-state index < -0.39 is 18.3 Å². The maximum Gasteiger partial charge on any atom is 0.497 e. The average molecular weight is 276 g/mol. The van der Waals surface area contributed by atoms with Gasteiger partial charge in [-0.1, -0.05) is 0 Å². The van der Waals surface area contributed by atoms with Gasteiger partial charge in [-0.3, -0.25) is 4.68 Å². The van der Waals surface area contributed by atoms with Crippen molar-refractivity contribution in [2.75, 3.05) is 0 Å². The summed E-state index contributed by atoms with van der Waals surface area (Å²) in [5.41, 5.74) is 0.217. The Balaban J connectivity index is 2.05. The van der Waals surface area contributed by atoms with E-state index in [1.165, 1.54) is 6.07 Å². The minimum Gasteiger partial charge on any atom is -0.399 e. The Morgan fingerprint density at radius 2 is 1.75 bits per heavy atom. The van der Waals surface area contributed by atoms with Crippen molar-refractivity contribution in [2.45, 2.75) is 38.9 Å². The number of nitrogens with zero attached hydrogens (tertiary/aromatic N) is 2. The molecule has 0 radical (unpaired) electrons. The van der Waals surface area contributed by atoms with E-state index in [-0.39, 0.29) is 5.82 Å². The summed E-state index contributed by atoms with van der Waals surface area (Å²) in [7, 11) is 1.10. The van der Waals surface area contributed by atoms with Crippen molar-refractivity contribution in [1.82, 2.24) is 9.78 Å². The van der Waals surface area contributed by atoms with Crippen LogP contribution in [-0.4, -0.2) is 28.1 Å². The van der Waals surface area contributed by atoms with Crippen molar-refractivity contribution in [2.24, 2.45) is 7.05 Å². The highest BCUT2D eigenvalue weighted by molar-refractivity contribution is 6.62. The first-order chi connectivity index (χ1) is 9.21. The molecule has 0 unspecified atom stereocenters. The lowest BCUT2D eigenvalue weighted by Gasteiger charge is -2.32. The van der Waals surface area contributed by atoms with Gasteiger partial charge in [-0.05, 0) is 39.8 Å². The minimum absolute atomic E-state index is 0.334. The zero-order valence-electron chi connectivity index (χ0n) is 12.4. The zero-order chi connectivity index (χ0) is 14.7. The molecule has 1 aromatic carbocycles. The normalized spacial score (nSPS) is 20.8. The predicted octanol–water partition coefficient (Wildman–Crippen LogP) is 2.01. The first-order valence-corrected chi connectivity index (χ1v) is 6.68. The van der Waals surface area contributed by atoms with Crippen molar-refractivity contribution < 1.29 is 13.7 Å². The van der Waals surface area contributed by atoms with Gasteiger partial charge in [0, 0.05) is 17.9 Å². The first-order valence-electron chi connectivity index (χ1n) is 6.68. The number of halogens is 1. The van der Waals surface area contributed by atoms with Crippen LogP contribution in [0.5, 0.6) is 0 Å². The molecule has 1 fully saturated rings. The van der Waals surface area contributed by atoms with E-state index in [1.807, 2.05) is 27.7 Å². The van der Waals surface area contributed by atoms with E-state index in [0.717, 1.165) is 10.9 Å². The average Bonchev–Trinajstić information content (AvgIpc) is 2.77. The van der Waals surface area contributed by atoms with E-state index in [4.69, 9.17) is 9.31 Å². The molecule has 1 aromatic heterocycles. The first kappa shape index (κ1) is 13.6. The van der Waals surface area contributed by atoms with Crippen molar-refractivity contribution in [3.8, 4) is 0 Å². The molecule has 0 amide bonds. The number of benzene rings is 1. The highest BCUT2D eigenvalue weighted by Gasteiger charge is 2.52. The summed E-state index contributed by atoms with van der Waals surface area (Å²) in [6, 6.07) is 3.22. The van der Waals surface area contributed by atoms with Gasteiger partial charge in [0.1, 0.15) is 5.82 Å². The highest BCUT2D eigenvalue weighted by atomic mass is 19.1. The fourth-order valence-corrected chi connectivity index (χ4v) is 2.34. The summed E-state index contributed by atoms with van der Waals surface area (Å²) in [6.45, 7) is 7.81. The molecule has 3 rings (SSSR count). The van der Waals surface area contributed by atoms with Gasteiger partial charge < -0.3 is 9.31 Å². The summed E-state index contributed by atoms with van der Waals surface area (Å²) in [4.78, 5) is 0. The molecule has 2 aromatic rings. The molecule has 20 heavy (non-hydrogen) atoms. The van der Waals surface area contributed by atoms with Gasteiger partial charge in [0.2, 0.25) is 0 Å². The third kappa shape index (κ3) is 1.86. The van der Waals surface area contributed by atoms with Crippen LogP contribution in [0.2, 0.25) is 0 Å². The molecular weight excluding hydrogens is 258 g/mol. The Morgan fingerprint density at radius 1 is 1.15 bits per heavy atom. The fourth-order valence-electron chi connectivity index (χ4n) is 2.34. The number of hydrogen-bond donors (Lipinski definition) is 0. The number of aryl methyl sites for hydroxylation is 1. The summed E-state index contributed by atoms with van der Waals surface area (Å²) >= 11 is 0. The smallest absolute Gasteiger partial charge is 0.399 e. The van der Waals surface area contributed by atoms with Crippen LogP contribution in [0.1, 0.15) is 27.7 Å². The van der Waals surface area contributed by atoms with Gasteiger partial charge in [-0.2, -0.15) is 5.10 Å². The maximum absolute atomic E-state index is 14.3. The van der Waals surface area contributed by atoms with Crippen LogP contribution >= 0.6 is 0 Å². The molecule has 0 bridgehead atoms. The van der Waals surface area contributed by atoms with E-state index in [9.17, 15) is 4.39 Å². The fraction of sp³-hybridized carbons (Fsp3) is 0.500. The SMILES string of the molecule is Cn1ncc2cc(B3OC(C)(C)C(C)(C)O3)c(F)cc21. The van der Waals surface area contributed by atoms with Crippen LogP contribution in [0.15, 0.2) is 18.3 Å². The largest absolute Gasteiger partial charge is 0.497 e. The maximum atomic E-state index is 14.3. The Labute approximate surface area is 118 Å². The lowest BCUT2D eigenvalue weighted by molar-refractivity contribution is 0.00578. The van der Waals surface area contributed by atoms with Gasteiger partial charge in [0.15, 0.2) is 0 Å². The molecule has 4 nitrogen and oxygen atoms in total. The highest BCUT2D eigenvalue weighted by Crippen LogP contribution is 2.36. The monoisotopic (exact) mass is 276 g/mol. The van der Waals surface area contributed by atoms with Crippen molar-refractivity contribution in [3.05, 3.63) is 24.1 Å². The summed E-state index contributed by atoms with van der Waals surface area (Å²) in [6.07, 6.45) is 1.71. The van der Waals surface area contributed by atoms with Gasteiger partial charge in [-0.25, -0.2) is 4.39 Å². The lowest BCUT2D eigenvalue weighted by atomic mass is 9.78. The van der Waals surface area contributed by atoms with Crippen LogP contribution in [0.4, 0.5) is 4.39 Å². The Bertz CT molecular complexity index is 665. The number of hydrogen-bond acceptors (Lipinski definition) is 3. The molecule has 0 aliphatic carbocycles. The summed E-state index contributed by atoms with van der Waals surface area (Å²) in [5.74, 6) is -0.334. The van der Waals surface area contributed by atoms with Crippen molar-refractivity contribution >= 4 is 23.5 Å². The van der Waals surface area contributed by atoms with Gasteiger partial charge in [0.05, 0.1) is 22.9 Å². The molecule has 0 atom stereocenters. The topological polar surface area (TPSA) is 36.3 Å². The quantitative estimate of drug-likeness (QED) is 0.747. The molecule has 1 aliphatic heterocycles. The molecule has 1 saturated heterocycles. The second-order valence-electron chi connectivity index (χ2n) is 6.29. The third-order valence-corrected chi connectivity index (χ3v) is 4.37. The Morgan fingerprint density at radius 3 is 2.35 bits per heavy atom. The molecular formula is C14H18BFN2O2. The van der Waals surface area contributed by atoms with E-state index in [1.54, 1.807) is 24.0 Å². The second-order valence-corrected chi connectivity index (χ2v) is 6.29. The van der Waals surface area contributed by atoms with Crippen LogP contribution in [0.25, 0.3) is 10.9 Å². The zero-order valence-corrected chi connectivity index (χ0v) is 12.4. The van der Waals surface area contributed by atoms with Gasteiger partial charge in [0.25, 0.3) is 0 Å². The Kier molecular flexibility index (Phi) is 2.75. The minimum atomic E-state index is -0.690. The van der Waals surface area contributed by atoms with Crippen molar-refractivity contribution in [1.29, 1.82) is 0 Å². The Hall–Kier alpha value is -1.40. The predicted molar refractivity (Wildman–Crippen MR) is 76.4 cm³/mol. The second kappa shape index (κ2) is 4.05. The van der Waals surface area contributed by atoms with E-state index >= 15 is 0 Å². The lowest BCUT2D eigenvalue weighted by Crippen LogP contribution is -2.41. The summed E-state index contributed by atoms with van der Waals surface area (Å²) < 4.78 is 27.8. The van der Waals surface area contributed by atoms with Gasteiger partial charge in [-0.15, -0.1) is 0 Å². The van der Waals surface area contributed by atoms with Crippen LogP contribution in [0.3, 0.4) is 0 Å². The summed E-state index contributed by atoms with van der Waals surface area (Å²) in [5, 5.41) is 5.00. The molecule has 0 saturated carbocycles. The third-order valence-electron chi connectivity index (χ3n) is 4.37. The molecule has 6 heteroatoms.